The predicted molar refractivity (Wildman–Crippen MR) is 73.5 cm³/mol. The predicted octanol–water partition coefficient (Wildman–Crippen LogP) is 7.41. The maximum Gasteiger partial charge on any atom is 0.385 e. The Balaban J connectivity index is 6.91. The Kier molecular flexibility index (Phi) is 7.25. The highest BCUT2D eigenvalue weighted by molar-refractivity contribution is 7.20. The van der Waals surface area contributed by atoms with Gasteiger partial charge in [0.2, 0.25) is 7.38 Å². The van der Waals surface area contributed by atoms with Crippen LogP contribution in [0.5, 0.6) is 0 Å². The lowest BCUT2D eigenvalue weighted by atomic mass is 9.88. The maximum atomic E-state index is 13.6. The summed E-state index contributed by atoms with van der Waals surface area (Å²) >= 11 is 4.77. The van der Waals surface area contributed by atoms with E-state index in [2.05, 4.69) is 0 Å². The van der Waals surface area contributed by atoms with Crippen molar-refractivity contribution in [2.24, 2.45) is 0 Å². The third kappa shape index (κ3) is 3.66. The van der Waals surface area contributed by atoms with Crippen LogP contribution in [0, 0.1) is 0 Å². The molecule has 0 saturated carbocycles. The highest BCUT2D eigenvalue weighted by atomic mass is 35.6. The fraction of sp³-hybridized carbons (Fsp3) is 1.00. The van der Waals surface area contributed by atoms with Gasteiger partial charge in [-0.1, -0.05) is 13.1 Å². The van der Waals surface area contributed by atoms with Crippen molar-refractivity contribution in [2.45, 2.75) is 73.2 Å². The van der Waals surface area contributed by atoms with Crippen LogP contribution in [-0.2, 0) is 0 Å². The van der Waals surface area contributed by atoms with Crippen molar-refractivity contribution in [3.05, 3.63) is 0 Å². The van der Waals surface area contributed by atoms with Crippen molar-refractivity contribution in [3.63, 3.8) is 0 Å². The van der Waals surface area contributed by atoms with E-state index in [1.165, 1.54) is 0 Å². The van der Waals surface area contributed by atoms with Crippen molar-refractivity contribution in [3.8, 4) is 0 Å². The molecule has 1 unspecified atom stereocenters. The van der Waals surface area contributed by atoms with Crippen molar-refractivity contribution >= 4 is 18.5 Å². The van der Waals surface area contributed by atoms with Gasteiger partial charge in [-0.25, -0.2) is 13.2 Å². The van der Waals surface area contributed by atoms with Gasteiger partial charge in [0.1, 0.15) is 0 Å². The van der Waals surface area contributed by atoms with E-state index in [0.29, 0.717) is 0 Å². The summed E-state index contributed by atoms with van der Waals surface area (Å²) in [6.45, 7) is -0.807. The van der Waals surface area contributed by atoms with Crippen molar-refractivity contribution in [1.82, 2.24) is 0 Å². The van der Waals surface area contributed by atoms with Gasteiger partial charge in [0.05, 0.1) is 0 Å². The molecule has 0 aliphatic carbocycles. The van der Waals surface area contributed by atoms with Crippen molar-refractivity contribution < 1.29 is 74.6 Å². The van der Waals surface area contributed by atoms with Gasteiger partial charge in [-0.3, -0.25) is 0 Å². The maximum absolute atomic E-state index is 13.6. The van der Waals surface area contributed by atoms with Crippen LogP contribution in [0.15, 0.2) is 0 Å². The molecular weight excluding hydrogens is 531 g/mol. The zero-order chi connectivity index (χ0) is 26.1. The van der Waals surface area contributed by atoms with Gasteiger partial charge >= 0.3 is 47.0 Å². The summed E-state index contributed by atoms with van der Waals surface area (Å²) in [6.07, 6.45) is -4.48. The van der Waals surface area contributed by atoms with Crippen LogP contribution < -0.4 is 0 Å². The summed E-state index contributed by atoms with van der Waals surface area (Å²) in [5.74, 6) is -56.2. The Hall–Kier alpha value is -0.683. The molecule has 0 aliphatic rings. The Morgan fingerprint density at radius 1 is 0.516 bits per heavy atom. The molecule has 0 radical (unpaired) electrons. The standard InChI is InChI=1S/C12H10ClF17Si/c1-4(14)5(15,16)6(17,18)7(19,20)8(21,22)9(23,24)10(25,26)11(27,28)12(29,30)31(2,3)13/h4H,1-3H3. The molecule has 0 aliphatic heterocycles. The summed E-state index contributed by atoms with van der Waals surface area (Å²) in [6, 6.07) is 0. The summed E-state index contributed by atoms with van der Waals surface area (Å²) in [5, 5.41) is 0. The number of hydrogen-bond acceptors (Lipinski definition) is 0. The molecule has 0 spiro atoms. The molecule has 0 nitrogen and oxygen atoms in total. The van der Waals surface area contributed by atoms with Gasteiger partial charge in [0.15, 0.2) is 6.17 Å². The molecule has 0 fully saturated rings. The molecule has 188 valence electrons. The molecule has 0 amide bonds. The smallest absolute Gasteiger partial charge is 0.241 e. The topological polar surface area (TPSA) is 0 Å². The van der Waals surface area contributed by atoms with Crippen LogP contribution in [0.1, 0.15) is 6.92 Å². The van der Waals surface area contributed by atoms with Crippen LogP contribution in [-0.4, -0.2) is 60.6 Å². The summed E-state index contributed by atoms with van der Waals surface area (Å²) in [7, 11) is -5.57. The average molecular weight is 541 g/mol. The molecule has 0 rings (SSSR count). The SMILES string of the molecule is CC(F)C(F)(F)C(F)(F)C(F)(F)C(F)(F)C(F)(F)C(F)(F)C(F)(F)C(F)(F)[Si](C)(C)Cl. The Morgan fingerprint density at radius 2 is 0.742 bits per heavy atom. The third-order valence-electron chi connectivity index (χ3n) is 4.03. The highest BCUT2D eigenvalue weighted by Gasteiger charge is 2.95. The Bertz CT molecular complexity index is 663. The average Bonchev–Trinajstić information content (AvgIpc) is 2.52. The quantitative estimate of drug-likeness (QED) is 0.162. The third-order valence-corrected chi connectivity index (χ3v) is 6.55. The van der Waals surface area contributed by atoms with E-state index in [-0.39, 0.29) is 13.1 Å². The molecule has 0 bridgehead atoms. The molecule has 0 aromatic heterocycles. The fourth-order valence-electron chi connectivity index (χ4n) is 1.82. The van der Waals surface area contributed by atoms with E-state index in [1.54, 1.807) is 0 Å². The van der Waals surface area contributed by atoms with Crippen LogP contribution in [0.25, 0.3) is 0 Å². The van der Waals surface area contributed by atoms with E-state index in [4.69, 9.17) is 11.1 Å². The molecule has 0 saturated heterocycles. The first kappa shape index (κ1) is 30.3. The van der Waals surface area contributed by atoms with Crippen LogP contribution in [0.3, 0.4) is 0 Å². The molecule has 0 heterocycles. The lowest BCUT2D eigenvalue weighted by molar-refractivity contribution is -0.451. The van der Waals surface area contributed by atoms with Gasteiger partial charge in [-0.2, -0.15) is 72.5 Å². The van der Waals surface area contributed by atoms with Gasteiger partial charge in [-0.05, 0) is 6.92 Å². The summed E-state index contributed by atoms with van der Waals surface area (Å²) in [5.41, 5.74) is -6.46. The number of halogens is 18. The van der Waals surface area contributed by atoms with Gasteiger partial charge in [-0.15, -0.1) is 0 Å². The largest absolute Gasteiger partial charge is 0.385 e. The first-order valence-electron chi connectivity index (χ1n) is 7.30. The zero-order valence-corrected chi connectivity index (χ0v) is 16.6. The molecular formula is C12H10ClF17Si. The van der Waals surface area contributed by atoms with E-state index < -0.39 is 67.5 Å². The van der Waals surface area contributed by atoms with Gasteiger partial charge < -0.3 is 0 Å². The minimum atomic E-state index is -8.55. The number of alkyl halides is 17. The zero-order valence-electron chi connectivity index (χ0n) is 14.9. The van der Waals surface area contributed by atoms with Crippen LogP contribution in [0.4, 0.5) is 74.6 Å². The first-order valence-corrected chi connectivity index (χ1v) is 11.3. The molecule has 0 N–H and O–H groups in total. The molecule has 19 heteroatoms. The Morgan fingerprint density at radius 3 is 0.968 bits per heavy atom. The minimum absolute atomic E-state index is 0.0826. The fourth-order valence-corrected chi connectivity index (χ4v) is 3.08. The van der Waals surface area contributed by atoms with Gasteiger partial charge in [0.25, 0.3) is 0 Å². The minimum Gasteiger partial charge on any atom is -0.241 e. The Labute approximate surface area is 167 Å². The number of hydrogen-bond donors (Lipinski definition) is 0. The molecule has 31 heavy (non-hydrogen) atoms. The van der Waals surface area contributed by atoms with E-state index in [0.717, 1.165) is 0 Å². The summed E-state index contributed by atoms with van der Waals surface area (Å²) < 4.78 is 227. The van der Waals surface area contributed by atoms with E-state index in [1.807, 2.05) is 0 Å². The summed E-state index contributed by atoms with van der Waals surface area (Å²) in [4.78, 5) is 0. The second kappa shape index (κ2) is 7.41. The lowest BCUT2D eigenvalue weighted by Crippen LogP contribution is -2.76. The molecule has 0 aromatic rings. The van der Waals surface area contributed by atoms with E-state index in [9.17, 15) is 74.6 Å². The van der Waals surface area contributed by atoms with Crippen molar-refractivity contribution in [1.29, 1.82) is 0 Å². The lowest BCUT2D eigenvalue weighted by Gasteiger charge is -2.45. The normalized spacial score (nSPS) is 17.7. The first-order chi connectivity index (χ1) is 12.9. The second-order valence-corrected chi connectivity index (χ2v) is 13.1. The van der Waals surface area contributed by atoms with Gasteiger partial charge in [0, 0.05) is 0 Å². The van der Waals surface area contributed by atoms with Crippen LogP contribution in [0.2, 0.25) is 13.1 Å². The van der Waals surface area contributed by atoms with Crippen molar-refractivity contribution in [2.75, 3.05) is 0 Å². The molecule has 0 aromatic carbocycles. The number of rotatable bonds is 9. The highest BCUT2D eigenvalue weighted by Crippen LogP contribution is 2.65. The monoisotopic (exact) mass is 540 g/mol. The van der Waals surface area contributed by atoms with Crippen LogP contribution >= 0.6 is 11.1 Å². The van der Waals surface area contributed by atoms with E-state index >= 15 is 0 Å². The molecule has 1 atom stereocenters. The second-order valence-electron chi connectivity index (χ2n) is 6.73.